The molecule has 292 valence electrons. The summed E-state index contributed by atoms with van der Waals surface area (Å²) >= 11 is 0. The number of benzene rings is 4. The van der Waals surface area contributed by atoms with Gasteiger partial charge in [0.15, 0.2) is 0 Å². The van der Waals surface area contributed by atoms with E-state index >= 15 is 0 Å². The zero-order chi connectivity index (χ0) is 39.6. The highest BCUT2D eigenvalue weighted by Gasteiger charge is 2.40. The van der Waals surface area contributed by atoms with Gasteiger partial charge in [0.25, 0.3) is 0 Å². The molecule has 3 amide bonds. The summed E-state index contributed by atoms with van der Waals surface area (Å²) in [7, 11) is 7.69. The van der Waals surface area contributed by atoms with Gasteiger partial charge in [-0.15, -0.1) is 0 Å². The number of hydrogen-bond acceptors (Lipinski definition) is 7. The summed E-state index contributed by atoms with van der Waals surface area (Å²) in [6.07, 6.45) is 3.19. The van der Waals surface area contributed by atoms with Crippen molar-refractivity contribution in [2.24, 2.45) is 9.98 Å². The Morgan fingerprint density at radius 1 is 0.719 bits per heavy atom. The third-order valence-corrected chi connectivity index (χ3v) is 11.5. The molecule has 3 aliphatic rings. The number of anilines is 1. The van der Waals surface area contributed by atoms with Gasteiger partial charge in [-0.2, -0.15) is 0 Å². The first-order valence-electron chi connectivity index (χ1n) is 19.9. The molecular weight excluding hydrogens is 713 g/mol. The molecule has 11 nitrogen and oxygen atoms in total. The first-order chi connectivity index (χ1) is 27.7. The lowest BCUT2D eigenvalue weighted by atomic mass is 10.0. The standard InChI is InChI=1S/C46H50N8O3/c1-51(2)41(32-13-7-5-8-14-32)45(56)53-25-11-17-39(53)43-47-29-38(50-43)31-21-19-30(20-22-31)37-28-34-27-35(23-24-36(34)49-37)48-44(55)40-18-12-26-54(40)46(57)42(52(3)4)33-15-9-6-10-16-33/h5-10,13-16,19-24,27-28,39-42,49H,11-12,17-18,25-26,29H2,1-4H3,(H,48,55)/t39-,40-,41+,42+/m0/s1. The molecule has 4 atom stereocenters. The summed E-state index contributed by atoms with van der Waals surface area (Å²) in [4.78, 5) is 62.3. The maximum Gasteiger partial charge on any atom is 0.247 e. The highest BCUT2D eigenvalue weighted by Crippen LogP contribution is 2.31. The SMILES string of the molecule is CN(C)[C@@H](C(=O)N1CCC[C@H]1C(=O)Nc1ccc2[nH]c(-c3ccc(C4=NC([C@@H]5CCCN5C(=O)[C@@H](c5ccccc5)N(C)C)=NC4)cc3)cc2c1)c1ccccc1. The molecule has 0 bridgehead atoms. The number of nitrogens with one attached hydrogen (secondary N) is 2. The summed E-state index contributed by atoms with van der Waals surface area (Å²) in [5, 5.41) is 4.07. The van der Waals surface area contributed by atoms with Crippen molar-refractivity contribution in [3.8, 4) is 11.3 Å². The Morgan fingerprint density at radius 3 is 1.96 bits per heavy atom. The molecule has 4 aromatic carbocycles. The quantitative estimate of drug-likeness (QED) is 0.158. The van der Waals surface area contributed by atoms with Crippen LogP contribution in [0.5, 0.6) is 0 Å². The van der Waals surface area contributed by atoms with E-state index in [-0.39, 0.29) is 29.8 Å². The van der Waals surface area contributed by atoms with Crippen LogP contribution >= 0.6 is 0 Å². The number of aromatic amines is 1. The second-order valence-corrected chi connectivity index (χ2v) is 15.7. The number of aromatic nitrogens is 1. The van der Waals surface area contributed by atoms with Gasteiger partial charge in [-0.1, -0.05) is 84.9 Å². The summed E-state index contributed by atoms with van der Waals surface area (Å²) in [6, 6.07) is 34.4. The number of carbonyl (C=O) groups excluding carboxylic acids is 3. The number of carbonyl (C=O) groups is 3. The molecule has 1 aromatic heterocycles. The monoisotopic (exact) mass is 762 g/mol. The molecule has 5 aromatic rings. The number of likely N-dealkylation sites (tertiary alicyclic amines) is 2. The lowest BCUT2D eigenvalue weighted by molar-refractivity contribution is -0.140. The fraction of sp³-hybridized carbons (Fsp3) is 0.326. The number of aliphatic imine (C=N–C) groups is 2. The van der Waals surface area contributed by atoms with Gasteiger partial charge in [0.2, 0.25) is 17.7 Å². The van der Waals surface area contributed by atoms with Crippen LogP contribution in [0.1, 0.15) is 54.5 Å². The minimum Gasteiger partial charge on any atom is -0.355 e. The first-order valence-corrected chi connectivity index (χ1v) is 19.9. The molecule has 0 aliphatic carbocycles. The molecular formula is C46H50N8O3. The molecule has 3 aliphatic heterocycles. The topological polar surface area (TPSA) is 117 Å². The Kier molecular flexibility index (Phi) is 10.9. The molecule has 2 fully saturated rings. The average molecular weight is 763 g/mol. The van der Waals surface area contributed by atoms with Crippen molar-refractivity contribution in [1.82, 2.24) is 24.6 Å². The average Bonchev–Trinajstić information content (AvgIpc) is 4.05. The van der Waals surface area contributed by atoms with E-state index in [1.54, 1.807) is 4.90 Å². The van der Waals surface area contributed by atoms with Crippen molar-refractivity contribution in [3.63, 3.8) is 0 Å². The van der Waals surface area contributed by atoms with Crippen molar-refractivity contribution < 1.29 is 14.4 Å². The molecule has 4 heterocycles. The predicted octanol–water partition coefficient (Wildman–Crippen LogP) is 6.56. The summed E-state index contributed by atoms with van der Waals surface area (Å²) < 4.78 is 0. The third-order valence-electron chi connectivity index (χ3n) is 11.5. The van der Waals surface area contributed by atoms with Crippen LogP contribution in [0.2, 0.25) is 0 Å². The van der Waals surface area contributed by atoms with Crippen LogP contribution in [0.25, 0.3) is 22.2 Å². The molecule has 57 heavy (non-hydrogen) atoms. The molecule has 0 radical (unpaired) electrons. The van der Waals surface area contributed by atoms with Gasteiger partial charge >= 0.3 is 0 Å². The Balaban J connectivity index is 0.925. The molecule has 8 rings (SSSR count). The van der Waals surface area contributed by atoms with E-state index < -0.39 is 12.1 Å². The van der Waals surface area contributed by atoms with Crippen molar-refractivity contribution >= 4 is 45.9 Å². The molecule has 0 unspecified atom stereocenters. The smallest absolute Gasteiger partial charge is 0.247 e. The molecule has 2 saturated heterocycles. The van der Waals surface area contributed by atoms with Crippen LogP contribution in [0.15, 0.2) is 119 Å². The molecule has 2 N–H and O–H groups in total. The van der Waals surface area contributed by atoms with Gasteiger partial charge in [-0.05, 0) is 100 Å². The molecule has 0 spiro atoms. The van der Waals surface area contributed by atoms with E-state index in [1.165, 1.54) is 0 Å². The van der Waals surface area contributed by atoms with E-state index in [0.29, 0.717) is 31.7 Å². The number of likely N-dealkylation sites (N-methyl/N-ethyl adjacent to an activating group) is 2. The van der Waals surface area contributed by atoms with Gasteiger partial charge in [-0.3, -0.25) is 29.2 Å². The Labute approximate surface area is 334 Å². The Morgan fingerprint density at radius 2 is 1.32 bits per heavy atom. The second kappa shape index (κ2) is 16.3. The predicted molar refractivity (Wildman–Crippen MR) is 226 cm³/mol. The number of H-pyrrole nitrogens is 1. The summed E-state index contributed by atoms with van der Waals surface area (Å²) in [5.74, 6) is 0.595. The van der Waals surface area contributed by atoms with Crippen LogP contribution in [0.4, 0.5) is 5.69 Å². The number of rotatable bonds is 11. The van der Waals surface area contributed by atoms with Crippen LogP contribution < -0.4 is 5.32 Å². The minimum atomic E-state index is -0.528. The van der Waals surface area contributed by atoms with E-state index in [2.05, 4.69) is 40.6 Å². The maximum atomic E-state index is 13.9. The normalized spacial score (nSPS) is 19.3. The maximum absolute atomic E-state index is 13.9. The Hall–Kier alpha value is -5.91. The molecule has 11 heteroatoms. The van der Waals surface area contributed by atoms with E-state index in [1.807, 2.05) is 122 Å². The first kappa shape index (κ1) is 38.0. The van der Waals surface area contributed by atoms with Gasteiger partial charge in [0.05, 0.1) is 18.3 Å². The number of fused-ring (bicyclic) bond motifs is 1. The van der Waals surface area contributed by atoms with Crippen LogP contribution in [0.3, 0.4) is 0 Å². The van der Waals surface area contributed by atoms with Crippen LogP contribution in [-0.4, -0.2) is 114 Å². The van der Waals surface area contributed by atoms with Crippen LogP contribution in [-0.2, 0) is 14.4 Å². The summed E-state index contributed by atoms with van der Waals surface area (Å²) in [6.45, 7) is 1.74. The lowest BCUT2D eigenvalue weighted by Gasteiger charge is -2.31. The highest BCUT2D eigenvalue weighted by atomic mass is 16.2. The Bertz CT molecular complexity index is 2320. The van der Waals surface area contributed by atoms with Crippen molar-refractivity contribution in [2.75, 3.05) is 53.1 Å². The van der Waals surface area contributed by atoms with Gasteiger partial charge < -0.3 is 20.1 Å². The fourth-order valence-electron chi connectivity index (χ4n) is 8.64. The van der Waals surface area contributed by atoms with E-state index in [4.69, 9.17) is 9.98 Å². The third kappa shape index (κ3) is 7.77. The zero-order valence-corrected chi connectivity index (χ0v) is 33.1. The van der Waals surface area contributed by atoms with Crippen molar-refractivity contribution in [2.45, 2.75) is 49.9 Å². The zero-order valence-electron chi connectivity index (χ0n) is 33.1. The van der Waals surface area contributed by atoms with E-state index in [0.717, 1.165) is 69.7 Å². The number of hydrogen-bond donors (Lipinski definition) is 2. The lowest BCUT2D eigenvalue weighted by Crippen LogP contribution is -2.47. The number of amidine groups is 1. The highest BCUT2D eigenvalue weighted by molar-refractivity contribution is 6.14. The van der Waals surface area contributed by atoms with Gasteiger partial charge in [0, 0.05) is 35.4 Å². The van der Waals surface area contributed by atoms with Gasteiger partial charge in [0.1, 0.15) is 24.0 Å². The van der Waals surface area contributed by atoms with Crippen molar-refractivity contribution in [1.29, 1.82) is 0 Å². The van der Waals surface area contributed by atoms with E-state index in [9.17, 15) is 14.4 Å². The minimum absolute atomic E-state index is 0.0571. The largest absolute Gasteiger partial charge is 0.355 e. The summed E-state index contributed by atoms with van der Waals surface area (Å²) in [5.41, 5.74) is 7.44. The van der Waals surface area contributed by atoms with Gasteiger partial charge in [-0.25, -0.2) is 4.99 Å². The molecule has 0 saturated carbocycles. The van der Waals surface area contributed by atoms with Crippen LogP contribution in [0, 0.1) is 0 Å². The number of amides is 3. The second-order valence-electron chi connectivity index (χ2n) is 15.7. The number of nitrogens with zero attached hydrogens (tertiary/aromatic N) is 6. The van der Waals surface area contributed by atoms with Crippen molar-refractivity contribution in [3.05, 3.63) is 126 Å². The fourth-order valence-corrected chi connectivity index (χ4v) is 8.64.